The zero-order chi connectivity index (χ0) is 13.2. The van der Waals surface area contributed by atoms with Gasteiger partial charge in [-0.15, -0.1) is 0 Å². The van der Waals surface area contributed by atoms with E-state index >= 15 is 0 Å². The zero-order valence-corrected chi connectivity index (χ0v) is 10.6. The number of aromatic nitrogens is 1. The van der Waals surface area contributed by atoms with Crippen molar-refractivity contribution in [3.05, 3.63) is 34.6 Å². The highest BCUT2D eigenvalue weighted by molar-refractivity contribution is 5.83. The van der Waals surface area contributed by atoms with Gasteiger partial charge < -0.3 is 19.8 Å². The Morgan fingerprint density at radius 1 is 1.21 bits per heavy atom. The van der Waals surface area contributed by atoms with Gasteiger partial charge in [0.05, 0.1) is 5.52 Å². The van der Waals surface area contributed by atoms with E-state index in [2.05, 4.69) is 0 Å². The molecule has 1 aliphatic heterocycles. The first kappa shape index (κ1) is 12.0. The summed E-state index contributed by atoms with van der Waals surface area (Å²) >= 11 is 0. The van der Waals surface area contributed by atoms with Crippen LogP contribution in [0.1, 0.15) is 6.42 Å². The molecule has 0 bridgehead atoms. The lowest BCUT2D eigenvalue weighted by molar-refractivity contribution is 0.172. The first-order chi connectivity index (χ1) is 9.29. The van der Waals surface area contributed by atoms with Crippen LogP contribution in [0.4, 0.5) is 0 Å². The van der Waals surface area contributed by atoms with Crippen molar-refractivity contribution in [3.63, 3.8) is 0 Å². The Morgan fingerprint density at radius 3 is 2.68 bits per heavy atom. The number of nitrogens with zero attached hydrogens (tertiary/aromatic N) is 1. The second-order valence-electron chi connectivity index (χ2n) is 4.53. The van der Waals surface area contributed by atoms with Crippen LogP contribution < -0.4 is 20.6 Å². The fourth-order valence-corrected chi connectivity index (χ4v) is 2.30. The molecule has 0 unspecified atom stereocenters. The lowest BCUT2D eigenvalue weighted by Gasteiger charge is -2.20. The SMILES string of the molecule is NCCCn1ccc(=O)c2cc3c(cc21)OCCO3. The Bertz CT molecular complexity index is 664. The Labute approximate surface area is 110 Å². The number of rotatable bonds is 3. The van der Waals surface area contributed by atoms with Crippen LogP contribution in [-0.2, 0) is 6.54 Å². The summed E-state index contributed by atoms with van der Waals surface area (Å²) in [6, 6.07) is 5.22. The Kier molecular flexibility index (Phi) is 3.13. The van der Waals surface area contributed by atoms with Crippen LogP contribution in [0, 0.1) is 0 Å². The minimum Gasteiger partial charge on any atom is -0.486 e. The largest absolute Gasteiger partial charge is 0.486 e. The minimum absolute atomic E-state index is 0.00373. The summed E-state index contributed by atoms with van der Waals surface area (Å²) in [6.45, 7) is 2.47. The van der Waals surface area contributed by atoms with Crippen LogP contribution in [-0.4, -0.2) is 24.3 Å². The molecule has 1 aromatic heterocycles. The van der Waals surface area contributed by atoms with E-state index in [4.69, 9.17) is 15.2 Å². The number of pyridine rings is 1. The summed E-state index contributed by atoms with van der Waals surface area (Å²) in [6.07, 6.45) is 2.67. The lowest BCUT2D eigenvalue weighted by Crippen LogP contribution is -2.17. The van der Waals surface area contributed by atoms with Gasteiger partial charge in [-0.3, -0.25) is 4.79 Å². The molecule has 19 heavy (non-hydrogen) atoms. The van der Waals surface area contributed by atoms with E-state index in [0.717, 1.165) is 18.5 Å². The fourth-order valence-electron chi connectivity index (χ4n) is 2.30. The maximum absolute atomic E-state index is 12.0. The molecule has 3 rings (SSSR count). The second kappa shape index (κ2) is 4.93. The van der Waals surface area contributed by atoms with E-state index in [1.165, 1.54) is 0 Å². The molecule has 1 aromatic carbocycles. The summed E-state index contributed by atoms with van der Waals surface area (Å²) in [4.78, 5) is 12.0. The molecule has 0 aliphatic carbocycles. The van der Waals surface area contributed by atoms with Crippen LogP contribution in [0.15, 0.2) is 29.2 Å². The van der Waals surface area contributed by atoms with Crippen molar-refractivity contribution in [2.75, 3.05) is 19.8 Å². The van der Waals surface area contributed by atoms with Gasteiger partial charge in [0.1, 0.15) is 13.2 Å². The van der Waals surface area contributed by atoms with Crippen LogP contribution in [0.2, 0.25) is 0 Å². The maximum Gasteiger partial charge on any atom is 0.189 e. The molecular weight excluding hydrogens is 244 g/mol. The summed E-state index contributed by atoms with van der Waals surface area (Å²) in [5, 5.41) is 0.656. The van der Waals surface area contributed by atoms with Crippen molar-refractivity contribution in [1.82, 2.24) is 4.57 Å². The zero-order valence-electron chi connectivity index (χ0n) is 10.6. The smallest absolute Gasteiger partial charge is 0.189 e. The standard InChI is InChI=1S/C14H16N2O3/c15-3-1-4-16-5-2-12(17)10-8-13-14(9-11(10)16)19-7-6-18-13/h2,5,8-9H,1,3-4,6-7,15H2. The van der Waals surface area contributed by atoms with E-state index in [0.29, 0.717) is 36.6 Å². The van der Waals surface area contributed by atoms with Crippen LogP contribution in [0.3, 0.4) is 0 Å². The Hall–Kier alpha value is -2.01. The summed E-state index contributed by atoms with van der Waals surface area (Å²) in [5.41, 5.74) is 6.40. The highest BCUT2D eigenvalue weighted by Crippen LogP contribution is 2.33. The van der Waals surface area contributed by atoms with E-state index < -0.39 is 0 Å². The van der Waals surface area contributed by atoms with Gasteiger partial charge in [-0.1, -0.05) is 0 Å². The highest BCUT2D eigenvalue weighted by Gasteiger charge is 2.15. The molecule has 0 spiro atoms. The van der Waals surface area contributed by atoms with E-state index in [1.54, 1.807) is 18.3 Å². The molecule has 0 atom stereocenters. The van der Waals surface area contributed by atoms with Gasteiger partial charge in [0.25, 0.3) is 0 Å². The summed E-state index contributed by atoms with van der Waals surface area (Å²) in [5.74, 6) is 1.35. The molecule has 0 amide bonds. The van der Waals surface area contributed by atoms with Gasteiger partial charge >= 0.3 is 0 Å². The number of hydrogen-bond acceptors (Lipinski definition) is 4. The number of fused-ring (bicyclic) bond motifs is 2. The number of aryl methyl sites for hydroxylation is 1. The van der Waals surface area contributed by atoms with Gasteiger partial charge in [0, 0.05) is 30.3 Å². The van der Waals surface area contributed by atoms with Gasteiger partial charge in [-0.05, 0) is 19.0 Å². The molecule has 2 N–H and O–H groups in total. The van der Waals surface area contributed by atoms with Crippen LogP contribution in [0.25, 0.3) is 10.9 Å². The van der Waals surface area contributed by atoms with Crippen molar-refractivity contribution in [2.24, 2.45) is 5.73 Å². The molecule has 5 nitrogen and oxygen atoms in total. The molecule has 2 heterocycles. The third-order valence-corrected chi connectivity index (χ3v) is 3.24. The Balaban J connectivity index is 2.18. The number of ether oxygens (including phenoxy) is 2. The van der Waals surface area contributed by atoms with E-state index in [9.17, 15) is 4.79 Å². The molecule has 1 aliphatic rings. The third kappa shape index (κ3) is 2.17. The van der Waals surface area contributed by atoms with Crippen molar-refractivity contribution in [3.8, 4) is 11.5 Å². The molecule has 0 saturated carbocycles. The van der Waals surface area contributed by atoms with E-state index in [-0.39, 0.29) is 5.43 Å². The normalized spacial score (nSPS) is 13.7. The van der Waals surface area contributed by atoms with Crippen molar-refractivity contribution in [1.29, 1.82) is 0 Å². The minimum atomic E-state index is -0.00373. The molecule has 5 heteroatoms. The first-order valence-corrected chi connectivity index (χ1v) is 6.42. The molecular formula is C14H16N2O3. The molecule has 100 valence electrons. The number of hydrogen-bond donors (Lipinski definition) is 1. The second-order valence-corrected chi connectivity index (χ2v) is 4.53. The van der Waals surface area contributed by atoms with Crippen LogP contribution >= 0.6 is 0 Å². The number of nitrogens with two attached hydrogens (primary N) is 1. The van der Waals surface area contributed by atoms with Crippen LogP contribution in [0.5, 0.6) is 11.5 Å². The van der Waals surface area contributed by atoms with Crippen molar-refractivity contribution in [2.45, 2.75) is 13.0 Å². The predicted octanol–water partition coefficient (Wildman–Crippen LogP) is 1.12. The first-order valence-electron chi connectivity index (χ1n) is 6.42. The fraction of sp³-hybridized carbons (Fsp3) is 0.357. The topological polar surface area (TPSA) is 66.5 Å². The lowest BCUT2D eigenvalue weighted by atomic mass is 10.1. The van der Waals surface area contributed by atoms with Gasteiger partial charge in [-0.25, -0.2) is 0 Å². The molecule has 2 aromatic rings. The predicted molar refractivity (Wildman–Crippen MR) is 72.9 cm³/mol. The summed E-state index contributed by atoms with van der Waals surface area (Å²) in [7, 11) is 0. The average molecular weight is 260 g/mol. The van der Waals surface area contributed by atoms with Gasteiger partial charge in [0.15, 0.2) is 16.9 Å². The summed E-state index contributed by atoms with van der Waals surface area (Å²) < 4.78 is 13.1. The molecule has 0 radical (unpaired) electrons. The molecule has 0 fully saturated rings. The van der Waals surface area contributed by atoms with Gasteiger partial charge in [0.2, 0.25) is 0 Å². The average Bonchev–Trinajstić information content (AvgIpc) is 2.45. The van der Waals surface area contributed by atoms with Crippen molar-refractivity contribution >= 4 is 10.9 Å². The quantitative estimate of drug-likeness (QED) is 0.898. The Morgan fingerprint density at radius 2 is 1.95 bits per heavy atom. The van der Waals surface area contributed by atoms with E-state index in [1.807, 2.05) is 10.6 Å². The maximum atomic E-state index is 12.0. The molecule has 0 saturated heterocycles. The monoisotopic (exact) mass is 260 g/mol. The van der Waals surface area contributed by atoms with Crippen molar-refractivity contribution < 1.29 is 9.47 Å². The van der Waals surface area contributed by atoms with Gasteiger partial charge in [-0.2, -0.15) is 0 Å². The third-order valence-electron chi connectivity index (χ3n) is 3.24. The highest BCUT2D eigenvalue weighted by atomic mass is 16.6. The number of benzene rings is 1.